The van der Waals surface area contributed by atoms with Crippen LogP contribution in [0, 0.1) is 22.5 Å². The van der Waals surface area contributed by atoms with Crippen LogP contribution in [-0.4, -0.2) is 59.3 Å². The molecule has 36 heavy (non-hydrogen) atoms. The fourth-order valence-corrected chi connectivity index (χ4v) is 5.14. The summed E-state index contributed by atoms with van der Waals surface area (Å²) in [7, 11) is 0. The molecule has 2 saturated heterocycles. The minimum absolute atomic E-state index is 0.00723. The molecule has 1 spiro atoms. The van der Waals surface area contributed by atoms with Crippen molar-refractivity contribution in [2.45, 2.75) is 39.5 Å². The second-order valence-corrected chi connectivity index (χ2v) is 9.79. The van der Waals surface area contributed by atoms with Crippen molar-refractivity contribution in [2.24, 2.45) is 5.41 Å². The van der Waals surface area contributed by atoms with E-state index in [4.69, 9.17) is 4.74 Å². The number of nitro benzene ring substituents is 1. The van der Waals surface area contributed by atoms with E-state index >= 15 is 0 Å². The molecule has 2 aromatic rings. The standard InChI is InChI=1S/C28H33N3O5/c1-3-23(17-22-8-6-9-24(18-22)31(34)35)27(33)30-16-13-28(20-30)11-14-29(15-12-28)26(32)19-36-25-10-5-4-7-21(25)2/h4-10,17-18H,3,11-16,19-20H2,1-2H3/b23-17-. The summed E-state index contributed by atoms with van der Waals surface area (Å²) in [6, 6.07) is 14.0. The van der Waals surface area contributed by atoms with Crippen LogP contribution in [0.25, 0.3) is 6.08 Å². The Bertz CT molecular complexity index is 1170. The van der Waals surface area contributed by atoms with E-state index in [2.05, 4.69) is 0 Å². The van der Waals surface area contributed by atoms with Gasteiger partial charge < -0.3 is 14.5 Å². The number of carbonyl (C=O) groups is 2. The van der Waals surface area contributed by atoms with Crippen molar-refractivity contribution in [3.8, 4) is 5.75 Å². The quantitative estimate of drug-likeness (QED) is 0.320. The van der Waals surface area contributed by atoms with Gasteiger partial charge in [-0.3, -0.25) is 19.7 Å². The van der Waals surface area contributed by atoms with E-state index in [1.807, 2.05) is 47.9 Å². The van der Waals surface area contributed by atoms with Crippen molar-refractivity contribution in [3.63, 3.8) is 0 Å². The van der Waals surface area contributed by atoms with Gasteiger partial charge in [-0.25, -0.2) is 0 Å². The first kappa shape index (κ1) is 25.4. The molecule has 0 atom stereocenters. The van der Waals surface area contributed by atoms with E-state index in [1.165, 1.54) is 12.1 Å². The van der Waals surface area contributed by atoms with Crippen molar-refractivity contribution in [1.82, 2.24) is 9.80 Å². The lowest BCUT2D eigenvalue weighted by atomic mass is 9.78. The highest BCUT2D eigenvalue weighted by atomic mass is 16.6. The van der Waals surface area contributed by atoms with Gasteiger partial charge in [0.2, 0.25) is 5.91 Å². The SMILES string of the molecule is CC/C(=C/c1cccc([N+](=O)[O-])c1)C(=O)N1CCC2(CCN(C(=O)COc3ccccc3C)CC2)C1. The summed E-state index contributed by atoms with van der Waals surface area (Å²) in [4.78, 5) is 40.4. The third kappa shape index (κ3) is 5.75. The molecule has 2 aliphatic heterocycles. The second kappa shape index (κ2) is 10.9. The number of hydrogen-bond acceptors (Lipinski definition) is 5. The zero-order valence-electron chi connectivity index (χ0n) is 20.9. The van der Waals surface area contributed by atoms with E-state index in [0.717, 1.165) is 30.6 Å². The fourth-order valence-electron chi connectivity index (χ4n) is 5.14. The number of nitro groups is 1. The van der Waals surface area contributed by atoms with Crippen LogP contribution in [0.15, 0.2) is 54.1 Å². The summed E-state index contributed by atoms with van der Waals surface area (Å²) in [6.07, 6.45) is 4.96. The normalized spacial score (nSPS) is 17.3. The molecule has 0 radical (unpaired) electrons. The Labute approximate surface area is 211 Å². The van der Waals surface area contributed by atoms with Crippen molar-refractivity contribution >= 4 is 23.6 Å². The van der Waals surface area contributed by atoms with E-state index in [1.54, 1.807) is 18.2 Å². The monoisotopic (exact) mass is 491 g/mol. The van der Waals surface area contributed by atoms with Crippen LogP contribution in [0.1, 0.15) is 43.7 Å². The zero-order valence-corrected chi connectivity index (χ0v) is 20.9. The topological polar surface area (TPSA) is 93.0 Å². The number of ether oxygens (including phenoxy) is 1. The van der Waals surface area contributed by atoms with Crippen LogP contribution in [0.5, 0.6) is 5.75 Å². The van der Waals surface area contributed by atoms with Crippen molar-refractivity contribution < 1.29 is 19.2 Å². The highest BCUT2D eigenvalue weighted by Crippen LogP contribution is 2.41. The van der Waals surface area contributed by atoms with E-state index in [-0.39, 0.29) is 29.5 Å². The third-order valence-corrected chi connectivity index (χ3v) is 7.42. The lowest BCUT2D eigenvalue weighted by Crippen LogP contribution is -2.46. The van der Waals surface area contributed by atoms with Gasteiger partial charge in [0.25, 0.3) is 11.6 Å². The van der Waals surface area contributed by atoms with E-state index in [9.17, 15) is 19.7 Å². The minimum atomic E-state index is -0.430. The average molecular weight is 492 g/mol. The number of nitrogens with zero attached hydrogens (tertiary/aromatic N) is 3. The molecule has 2 heterocycles. The number of rotatable bonds is 7. The summed E-state index contributed by atoms with van der Waals surface area (Å²) >= 11 is 0. The third-order valence-electron chi connectivity index (χ3n) is 7.42. The molecule has 2 aliphatic rings. The summed E-state index contributed by atoms with van der Waals surface area (Å²) in [5.74, 6) is 0.715. The number of carbonyl (C=O) groups excluding carboxylic acids is 2. The Balaban J connectivity index is 1.32. The van der Waals surface area contributed by atoms with Gasteiger partial charge in [0.1, 0.15) is 5.75 Å². The van der Waals surface area contributed by atoms with Crippen molar-refractivity contribution in [1.29, 1.82) is 0 Å². The predicted octanol–water partition coefficient (Wildman–Crippen LogP) is 4.62. The number of para-hydroxylation sites is 1. The number of likely N-dealkylation sites (tertiary alicyclic amines) is 2. The van der Waals surface area contributed by atoms with Gasteiger partial charge in [-0.05, 0) is 61.3 Å². The smallest absolute Gasteiger partial charge is 0.270 e. The predicted molar refractivity (Wildman–Crippen MR) is 137 cm³/mol. The van der Waals surface area contributed by atoms with E-state index in [0.29, 0.717) is 43.7 Å². The van der Waals surface area contributed by atoms with Gasteiger partial charge in [0.05, 0.1) is 4.92 Å². The molecule has 0 saturated carbocycles. The van der Waals surface area contributed by atoms with Crippen molar-refractivity contribution in [2.75, 3.05) is 32.8 Å². The average Bonchev–Trinajstić information content (AvgIpc) is 3.30. The maximum Gasteiger partial charge on any atom is 0.270 e. The van der Waals surface area contributed by atoms with Gasteiger partial charge in [-0.1, -0.05) is 37.3 Å². The van der Waals surface area contributed by atoms with Gasteiger partial charge in [-0.2, -0.15) is 0 Å². The number of hydrogen-bond donors (Lipinski definition) is 0. The van der Waals surface area contributed by atoms with Gasteiger partial charge in [-0.15, -0.1) is 0 Å². The molecule has 8 nitrogen and oxygen atoms in total. The molecule has 2 amide bonds. The zero-order chi connectivity index (χ0) is 25.7. The number of benzene rings is 2. The van der Waals surface area contributed by atoms with Crippen LogP contribution in [-0.2, 0) is 9.59 Å². The Morgan fingerprint density at radius 3 is 2.42 bits per heavy atom. The fraction of sp³-hybridized carbons (Fsp3) is 0.429. The Hall–Kier alpha value is -3.68. The highest BCUT2D eigenvalue weighted by Gasteiger charge is 2.43. The first-order valence-corrected chi connectivity index (χ1v) is 12.5. The summed E-state index contributed by atoms with van der Waals surface area (Å²) in [5.41, 5.74) is 2.35. The first-order chi connectivity index (χ1) is 17.3. The van der Waals surface area contributed by atoms with E-state index < -0.39 is 4.92 Å². The second-order valence-electron chi connectivity index (χ2n) is 9.79. The molecule has 0 unspecified atom stereocenters. The Morgan fingerprint density at radius 1 is 1.06 bits per heavy atom. The molecule has 2 aromatic carbocycles. The maximum atomic E-state index is 13.3. The lowest BCUT2D eigenvalue weighted by Gasteiger charge is -2.39. The van der Waals surface area contributed by atoms with Crippen LogP contribution in [0.4, 0.5) is 5.69 Å². The molecule has 8 heteroatoms. The van der Waals surface area contributed by atoms with Gasteiger partial charge in [0, 0.05) is 43.9 Å². The molecule has 0 bridgehead atoms. The molecule has 0 aromatic heterocycles. The van der Waals surface area contributed by atoms with Crippen LogP contribution >= 0.6 is 0 Å². The van der Waals surface area contributed by atoms with Gasteiger partial charge >= 0.3 is 0 Å². The summed E-state index contributed by atoms with van der Waals surface area (Å²) in [5, 5.41) is 11.1. The largest absolute Gasteiger partial charge is 0.484 e. The lowest BCUT2D eigenvalue weighted by molar-refractivity contribution is -0.384. The molecule has 0 aliphatic carbocycles. The minimum Gasteiger partial charge on any atom is -0.484 e. The molecular weight excluding hydrogens is 458 g/mol. The maximum absolute atomic E-state index is 13.3. The Morgan fingerprint density at radius 2 is 1.75 bits per heavy atom. The number of aryl methyl sites for hydroxylation is 1. The molecule has 2 fully saturated rings. The molecule has 190 valence electrons. The Kier molecular flexibility index (Phi) is 7.72. The number of piperidine rings is 1. The number of non-ortho nitro benzene ring substituents is 1. The van der Waals surface area contributed by atoms with Crippen molar-refractivity contribution in [3.05, 3.63) is 75.3 Å². The van der Waals surface area contributed by atoms with Crippen LogP contribution in [0.2, 0.25) is 0 Å². The summed E-state index contributed by atoms with van der Waals surface area (Å²) in [6.45, 7) is 6.63. The molecule has 0 N–H and O–H groups in total. The van der Waals surface area contributed by atoms with Crippen LogP contribution < -0.4 is 4.74 Å². The van der Waals surface area contributed by atoms with Crippen LogP contribution in [0.3, 0.4) is 0 Å². The number of amides is 2. The first-order valence-electron chi connectivity index (χ1n) is 12.5. The molecular formula is C28H33N3O5. The van der Waals surface area contributed by atoms with Gasteiger partial charge in [0.15, 0.2) is 6.61 Å². The highest BCUT2D eigenvalue weighted by molar-refractivity contribution is 5.98. The summed E-state index contributed by atoms with van der Waals surface area (Å²) < 4.78 is 5.74. The molecule has 4 rings (SSSR count).